The fourth-order valence-electron chi connectivity index (χ4n) is 3.56. The van der Waals surface area contributed by atoms with Crippen LogP contribution in [-0.4, -0.2) is 0 Å². The second-order valence-electron chi connectivity index (χ2n) is 5.99. The summed E-state index contributed by atoms with van der Waals surface area (Å²) in [6.45, 7) is 11.9. The zero-order chi connectivity index (χ0) is 11.9. The molecule has 0 nitrogen and oxygen atoms in total. The maximum Gasteiger partial charge on any atom is -0.000958 e. The van der Waals surface area contributed by atoms with E-state index in [1.807, 2.05) is 0 Å². The Bertz CT molecular complexity index is 343. The van der Waals surface area contributed by atoms with Crippen LogP contribution < -0.4 is 0 Å². The van der Waals surface area contributed by atoms with E-state index < -0.39 is 0 Å². The van der Waals surface area contributed by atoms with Gasteiger partial charge in [-0.1, -0.05) is 45.3 Å². The third kappa shape index (κ3) is 1.77. The van der Waals surface area contributed by atoms with Crippen LogP contribution in [0, 0.1) is 17.8 Å². The van der Waals surface area contributed by atoms with Crippen molar-refractivity contribution in [2.75, 3.05) is 0 Å². The normalized spacial score (nSPS) is 34.7. The van der Waals surface area contributed by atoms with Crippen molar-refractivity contribution in [3.05, 3.63) is 22.3 Å². The van der Waals surface area contributed by atoms with Gasteiger partial charge >= 0.3 is 0 Å². The minimum absolute atomic E-state index is 0.755. The Balaban J connectivity index is 2.29. The number of rotatable bonds is 2. The Morgan fingerprint density at radius 3 is 2.31 bits per heavy atom. The molecule has 2 aliphatic rings. The lowest BCUT2D eigenvalue weighted by Gasteiger charge is -2.29. The summed E-state index contributed by atoms with van der Waals surface area (Å²) in [5, 5.41) is 0. The predicted molar refractivity (Wildman–Crippen MR) is 71.4 cm³/mol. The van der Waals surface area contributed by atoms with E-state index in [2.05, 4.69) is 34.6 Å². The molecule has 2 rings (SSSR count). The van der Waals surface area contributed by atoms with Crippen molar-refractivity contribution in [2.45, 2.75) is 60.3 Å². The summed E-state index contributed by atoms with van der Waals surface area (Å²) in [4.78, 5) is 0. The van der Waals surface area contributed by atoms with Crippen LogP contribution in [0.25, 0.3) is 0 Å². The molecule has 0 bridgehead atoms. The molecule has 0 saturated carbocycles. The van der Waals surface area contributed by atoms with Gasteiger partial charge in [-0.15, -0.1) is 0 Å². The summed E-state index contributed by atoms with van der Waals surface area (Å²) in [5.41, 5.74) is 6.92. The summed E-state index contributed by atoms with van der Waals surface area (Å²) < 4.78 is 0. The molecule has 0 N–H and O–H groups in total. The Kier molecular flexibility index (Phi) is 3.28. The van der Waals surface area contributed by atoms with Gasteiger partial charge in [0.1, 0.15) is 0 Å². The Labute approximate surface area is 101 Å². The van der Waals surface area contributed by atoms with E-state index in [0.29, 0.717) is 0 Å². The molecule has 0 amide bonds. The molecule has 0 aromatic rings. The second kappa shape index (κ2) is 4.39. The monoisotopic (exact) mass is 218 g/mol. The molecule has 16 heavy (non-hydrogen) atoms. The fraction of sp³-hybridized carbons (Fsp3) is 0.750. The standard InChI is InChI=1S/C16H26/c1-6-7-14-12(4)15-8-10(2)11(3)9-16(15)13(14)5/h10-12H,6-9H2,1-5H3. The van der Waals surface area contributed by atoms with Crippen LogP contribution in [0.2, 0.25) is 0 Å². The largest absolute Gasteiger partial charge is 0.0651 e. The molecule has 0 heteroatoms. The van der Waals surface area contributed by atoms with Gasteiger partial charge in [-0.05, 0) is 55.1 Å². The SMILES string of the molecule is CCCC1=C(C)C2=C(CC(C)C(C)C2)C1C. The molecule has 3 unspecified atom stereocenters. The number of hydrogen-bond donors (Lipinski definition) is 0. The highest BCUT2D eigenvalue weighted by Crippen LogP contribution is 2.48. The highest BCUT2D eigenvalue weighted by molar-refractivity contribution is 5.49. The van der Waals surface area contributed by atoms with Gasteiger partial charge in [-0.25, -0.2) is 0 Å². The van der Waals surface area contributed by atoms with E-state index in [-0.39, 0.29) is 0 Å². The zero-order valence-corrected chi connectivity index (χ0v) is 11.6. The number of hydrogen-bond acceptors (Lipinski definition) is 0. The van der Waals surface area contributed by atoms with Crippen molar-refractivity contribution in [1.29, 1.82) is 0 Å². The molecule has 0 heterocycles. The van der Waals surface area contributed by atoms with E-state index in [1.54, 1.807) is 22.3 Å². The average molecular weight is 218 g/mol. The number of allylic oxidation sites excluding steroid dienone is 4. The summed E-state index contributed by atoms with van der Waals surface area (Å²) in [7, 11) is 0. The van der Waals surface area contributed by atoms with Crippen LogP contribution in [0.1, 0.15) is 60.3 Å². The van der Waals surface area contributed by atoms with Gasteiger partial charge in [-0.3, -0.25) is 0 Å². The maximum atomic E-state index is 2.43. The lowest BCUT2D eigenvalue weighted by Crippen LogP contribution is -2.17. The van der Waals surface area contributed by atoms with E-state index >= 15 is 0 Å². The van der Waals surface area contributed by atoms with Gasteiger partial charge in [0, 0.05) is 0 Å². The van der Waals surface area contributed by atoms with E-state index in [9.17, 15) is 0 Å². The molecular formula is C16H26. The summed E-state index contributed by atoms with van der Waals surface area (Å²) in [6, 6.07) is 0. The Hall–Kier alpha value is -0.520. The minimum atomic E-state index is 0.755. The molecule has 90 valence electrons. The summed E-state index contributed by atoms with van der Waals surface area (Å²) in [5.74, 6) is 2.52. The highest BCUT2D eigenvalue weighted by Gasteiger charge is 2.33. The van der Waals surface area contributed by atoms with Gasteiger partial charge in [0.2, 0.25) is 0 Å². The van der Waals surface area contributed by atoms with Gasteiger partial charge in [-0.2, -0.15) is 0 Å². The van der Waals surface area contributed by atoms with E-state index in [4.69, 9.17) is 0 Å². The third-order valence-electron chi connectivity index (χ3n) is 4.93. The van der Waals surface area contributed by atoms with Crippen LogP contribution >= 0.6 is 0 Å². The van der Waals surface area contributed by atoms with Crippen LogP contribution in [0.5, 0.6) is 0 Å². The van der Waals surface area contributed by atoms with Crippen LogP contribution in [-0.2, 0) is 0 Å². The lowest BCUT2D eigenvalue weighted by molar-refractivity contribution is 0.354. The first-order chi connectivity index (χ1) is 7.56. The van der Waals surface area contributed by atoms with Crippen LogP contribution in [0.3, 0.4) is 0 Å². The van der Waals surface area contributed by atoms with Crippen molar-refractivity contribution >= 4 is 0 Å². The summed E-state index contributed by atoms with van der Waals surface area (Å²) >= 11 is 0. The molecular weight excluding hydrogens is 192 g/mol. The van der Waals surface area contributed by atoms with Crippen LogP contribution in [0.15, 0.2) is 22.3 Å². The third-order valence-corrected chi connectivity index (χ3v) is 4.93. The van der Waals surface area contributed by atoms with Crippen molar-refractivity contribution in [2.24, 2.45) is 17.8 Å². The molecule has 0 radical (unpaired) electrons. The molecule has 2 aliphatic carbocycles. The van der Waals surface area contributed by atoms with E-state index in [0.717, 1.165) is 17.8 Å². The van der Waals surface area contributed by atoms with Crippen molar-refractivity contribution < 1.29 is 0 Å². The lowest BCUT2D eigenvalue weighted by atomic mass is 9.76. The molecule has 0 aromatic carbocycles. The molecule has 3 atom stereocenters. The topological polar surface area (TPSA) is 0 Å². The minimum Gasteiger partial charge on any atom is -0.0651 e. The Morgan fingerprint density at radius 1 is 1.06 bits per heavy atom. The molecule has 0 saturated heterocycles. The molecule has 0 aromatic heterocycles. The average Bonchev–Trinajstić information content (AvgIpc) is 2.46. The van der Waals surface area contributed by atoms with Crippen molar-refractivity contribution in [3.8, 4) is 0 Å². The van der Waals surface area contributed by atoms with Gasteiger partial charge < -0.3 is 0 Å². The summed E-state index contributed by atoms with van der Waals surface area (Å²) in [6.07, 6.45) is 5.29. The zero-order valence-electron chi connectivity index (χ0n) is 11.6. The molecule has 0 spiro atoms. The quantitative estimate of drug-likeness (QED) is 0.604. The first-order valence-electron chi connectivity index (χ1n) is 6.98. The molecule has 0 fully saturated rings. The first kappa shape index (κ1) is 12.0. The first-order valence-corrected chi connectivity index (χ1v) is 6.98. The smallest absolute Gasteiger partial charge is 0.000958 e. The Morgan fingerprint density at radius 2 is 1.69 bits per heavy atom. The van der Waals surface area contributed by atoms with Crippen LogP contribution in [0.4, 0.5) is 0 Å². The fourth-order valence-corrected chi connectivity index (χ4v) is 3.56. The van der Waals surface area contributed by atoms with Crippen molar-refractivity contribution in [3.63, 3.8) is 0 Å². The van der Waals surface area contributed by atoms with E-state index in [1.165, 1.54) is 25.7 Å². The van der Waals surface area contributed by atoms with Gasteiger partial charge in [0.15, 0.2) is 0 Å². The van der Waals surface area contributed by atoms with Gasteiger partial charge in [0.05, 0.1) is 0 Å². The predicted octanol–water partition coefficient (Wildman–Crippen LogP) is 5.12. The second-order valence-corrected chi connectivity index (χ2v) is 5.99. The maximum absolute atomic E-state index is 2.43. The molecule has 0 aliphatic heterocycles. The van der Waals surface area contributed by atoms with Crippen molar-refractivity contribution in [1.82, 2.24) is 0 Å². The van der Waals surface area contributed by atoms with Gasteiger partial charge in [0.25, 0.3) is 0 Å². The highest BCUT2D eigenvalue weighted by atomic mass is 14.4.